The molecule has 0 radical (unpaired) electrons. The normalized spacial score (nSPS) is 12.8. The summed E-state index contributed by atoms with van der Waals surface area (Å²) in [6, 6.07) is 11.9. The fraction of sp³-hybridized carbons (Fsp3) is 0.200. The minimum absolute atomic E-state index is 0.0256. The molecule has 0 unspecified atom stereocenters. The van der Waals surface area contributed by atoms with E-state index in [1.165, 1.54) is 12.1 Å². The van der Waals surface area contributed by atoms with Gasteiger partial charge >= 0.3 is 12.0 Å². The molecule has 7 nitrogen and oxygen atoms in total. The van der Waals surface area contributed by atoms with Crippen LogP contribution in [0, 0.1) is 0 Å². The van der Waals surface area contributed by atoms with E-state index >= 15 is 0 Å². The molecule has 0 spiro atoms. The van der Waals surface area contributed by atoms with Gasteiger partial charge < -0.3 is 10.1 Å². The van der Waals surface area contributed by atoms with Gasteiger partial charge in [0.25, 0.3) is 5.91 Å². The van der Waals surface area contributed by atoms with Crippen LogP contribution >= 0.6 is 11.6 Å². The first-order chi connectivity index (χ1) is 13.4. The van der Waals surface area contributed by atoms with Gasteiger partial charge in [0.2, 0.25) is 0 Å². The second-order valence-corrected chi connectivity index (χ2v) is 6.69. The van der Waals surface area contributed by atoms with Gasteiger partial charge in [0.05, 0.1) is 5.56 Å². The lowest BCUT2D eigenvalue weighted by Gasteiger charge is -2.09. The van der Waals surface area contributed by atoms with Gasteiger partial charge in [0.15, 0.2) is 12.4 Å². The Bertz CT molecular complexity index is 922. The molecule has 0 aromatic heterocycles. The number of benzene rings is 2. The van der Waals surface area contributed by atoms with Crippen molar-refractivity contribution in [2.24, 2.45) is 0 Å². The van der Waals surface area contributed by atoms with Crippen LogP contribution in [0.1, 0.15) is 39.1 Å². The lowest BCUT2D eigenvalue weighted by atomic mass is 9.98. The first-order valence-corrected chi connectivity index (χ1v) is 8.98. The molecule has 0 atom stereocenters. The number of ether oxygens (including phenoxy) is 1. The third kappa shape index (κ3) is 5.17. The van der Waals surface area contributed by atoms with Crippen LogP contribution in [0.5, 0.6) is 0 Å². The van der Waals surface area contributed by atoms with Crippen LogP contribution in [0.4, 0.5) is 4.79 Å². The van der Waals surface area contributed by atoms with E-state index in [0.29, 0.717) is 10.6 Å². The molecular weight excluding hydrogens is 384 g/mol. The monoisotopic (exact) mass is 400 g/mol. The second-order valence-electron chi connectivity index (χ2n) is 6.25. The van der Waals surface area contributed by atoms with Crippen LogP contribution in [0.15, 0.2) is 48.5 Å². The number of amides is 3. The number of nitrogens with one attached hydrogen (secondary N) is 2. The zero-order valence-corrected chi connectivity index (χ0v) is 15.5. The predicted molar refractivity (Wildman–Crippen MR) is 101 cm³/mol. The highest BCUT2D eigenvalue weighted by atomic mass is 35.5. The van der Waals surface area contributed by atoms with Crippen molar-refractivity contribution in [3.63, 3.8) is 0 Å². The summed E-state index contributed by atoms with van der Waals surface area (Å²) >= 11 is 5.83. The van der Waals surface area contributed by atoms with E-state index in [1.54, 1.807) is 36.4 Å². The number of rotatable bonds is 6. The average Bonchev–Trinajstić information content (AvgIpc) is 3.50. The minimum atomic E-state index is -0.837. The molecule has 1 fully saturated rings. The van der Waals surface area contributed by atoms with E-state index in [0.717, 1.165) is 12.8 Å². The Labute approximate surface area is 166 Å². The van der Waals surface area contributed by atoms with Gasteiger partial charge in [0, 0.05) is 22.2 Å². The van der Waals surface area contributed by atoms with Gasteiger partial charge in [-0.05, 0) is 43.2 Å². The predicted octanol–water partition coefficient (Wildman–Crippen LogP) is 2.72. The molecule has 28 heavy (non-hydrogen) atoms. The summed E-state index contributed by atoms with van der Waals surface area (Å²) in [5, 5.41) is 5.15. The molecule has 1 aliphatic rings. The van der Waals surface area contributed by atoms with E-state index < -0.39 is 24.5 Å². The zero-order chi connectivity index (χ0) is 20.1. The summed E-state index contributed by atoms with van der Waals surface area (Å²) in [7, 11) is 0. The van der Waals surface area contributed by atoms with Crippen LogP contribution in [-0.4, -0.2) is 36.3 Å². The molecule has 8 heteroatoms. The third-order valence-electron chi connectivity index (χ3n) is 4.00. The Morgan fingerprint density at radius 3 is 2.25 bits per heavy atom. The smallest absolute Gasteiger partial charge is 0.339 e. The molecule has 1 saturated carbocycles. The number of carbonyl (C=O) groups excluding carboxylic acids is 4. The first kappa shape index (κ1) is 19.6. The van der Waals surface area contributed by atoms with Crippen molar-refractivity contribution in [3.8, 4) is 0 Å². The van der Waals surface area contributed by atoms with Crippen molar-refractivity contribution in [2.75, 3.05) is 6.61 Å². The highest BCUT2D eigenvalue weighted by molar-refractivity contribution is 6.30. The molecular formula is C20H17ClN2O5. The molecule has 144 valence electrons. The van der Waals surface area contributed by atoms with Crippen molar-refractivity contribution in [1.29, 1.82) is 0 Å². The highest BCUT2D eigenvalue weighted by Crippen LogP contribution is 2.19. The molecule has 3 amide bonds. The zero-order valence-electron chi connectivity index (χ0n) is 14.7. The van der Waals surface area contributed by atoms with Crippen molar-refractivity contribution in [2.45, 2.75) is 18.9 Å². The lowest BCUT2D eigenvalue weighted by molar-refractivity contribution is -0.123. The van der Waals surface area contributed by atoms with Gasteiger partial charge in [-0.2, -0.15) is 0 Å². The van der Waals surface area contributed by atoms with Crippen LogP contribution in [0.25, 0.3) is 0 Å². The van der Waals surface area contributed by atoms with Crippen LogP contribution in [-0.2, 0) is 9.53 Å². The number of imide groups is 1. The molecule has 1 aliphatic carbocycles. The van der Waals surface area contributed by atoms with Gasteiger partial charge in [-0.15, -0.1) is 0 Å². The number of halogens is 1. The van der Waals surface area contributed by atoms with Gasteiger partial charge in [0.1, 0.15) is 0 Å². The Hall–Kier alpha value is -3.19. The Balaban J connectivity index is 1.63. The van der Waals surface area contributed by atoms with E-state index in [-0.39, 0.29) is 23.0 Å². The highest BCUT2D eigenvalue weighted by Gasteiger charge is 2.24. The quantitative estimate of drug-likeness (QED) is 0.573. The number of hydrogen-bond acceptors (Lipinski definition) is 5. The summed E-state index contributed by atoms with van der Waals surface area (Å²) in [6.07, 6.45) is 1.77. The van der Waals surface area contributed by atoms with Crippen molar-refractivity contribution < 1.29 is 23.9 Å². The van der Waals surface area contributed by atoms with Crippen LogP contribution in [0.3, 0.4) is 0 Å². The number of carbonyl (C=O) groups is 4. The summed E-state index contributed by atoms with van der Waals surface area (Å²) in [4.78, 5) is 48.3. The minimum Gasteiger partial charge on any atom is -0.452 e. The maximum absolute atomic E-state index is 12.7. The van der Waals surface area contributed by atoms with E-state index in [9.17, 15) is 19.2 Å². The Kier molecular flexibility index (Phi) is 6.06. The van der Waals surface area contributed by atoms with Crippen molar-refractivity contribution in [1.82, 2.24) is 10.6 Å². The Morgan fingerprint density at radius 2 is 1.61 bits per heavy atom. The molecule has 0 bridgehead atoms. The molecule has 2 N–H and O–H groups in total. The molecule has 3 rings (SSSR count). The molecule has 0 aliphatic heterocycles. The number of esters is 1. The maximum Gasteiger partial charge on any atom is 0.339 e. The standard InChI is InChI=1S/C20H17ClN2O5/c21-13-7-5-12(6-8-13)18(25)15-3-1-2-4-16(15)19(26)28-11-17(24)23-20(27)22-14-9-10-14/h1-8,14H,9-11H2,(H2,22,23,24,27). The molecule has 0 heterocycles. The molecule has 2 aromatic carbocycles. The van der Waals surface area contributed by atoms with E-state index in [2.05, 4.69) is 10.6 Å². The lowest BCUT2D eigenvalue weighted by Crippen LogP contribution is -2.42. The van der Waals surface area contributed by atoms with Gasteiger partial charge in [-0.1, -0.05) is 29.8 Å². The number of urea groups is 1. The second kappa shape index (κ2) is 8.67. The van der Waals surface area contributed by atoms with E-state index in [4.69, 9.17) is 16.3 Å². The van der Waals surface area contributed by atoms with Gasteiger partial charge in [-0.3, -0.25) is 14.9 Å². The maximum atomic E-state index is 12.7. The Morgan fingerprint density at radius 1 is 0.964 bits per heavy atom. The average molecular weight is 401 g/mol. The summed E-state index contributed by atoms with van der Waals surface area (Å²) < 4.78 is 4.95. The summed E-state index contributed by atoms with van der Waals surface area (Å²) in [5.41, 5.74) is 0.526. The number of hydrogen-bond donors (Lipinski definition) is 2. The van der Waals surface area contributed by atoms with Crippen LogP contribution in [0.2, 0.25) is 5.02 Å². The fourth-order valence-corrected chi connectivity index (χ4v) is 2.56. The van der Waals surface area contributed by atoms with Crippen LogP contribution < -0.4 is 10.6 Å². The number of ketones is 1. The van der Waals surface area contributed by atoms with Gasteiger partial charge in [-0.25, -0.2) is 9.59 Å². The molecule has 2 aromatic rings. The summed E-state index contributed by atoms with van der Waals surface area (Å²) in [5.74, 6) is -1.97. The first-order valence-electron chi connectivity index (χ1n) is 8.61. The fourth-order valence-electron chi connectivity index (χ4n) is 2.44. The van der Waals surface area contributed by atoms with Crippen molar-refractivity contribution in [3.05, 3.63) is 70.2 Å². The molecule has 0 saturated heterocycles. The van der Waals surface area contributed by atoms with E-state index in [1.807, 2.05) is 0 Å². The third-order valence-corrected chi connectivity index (χ3v) is 4.25. The van der Waals surface area contributed by atoms with Crippen molar-refractivity contribution >= 4 is 35.3 Å². The topological polar surface area (TPSA) is 102 Å². The summed E-state index contributed by atoms with van der Waals surface area (Å²) in [6.45, 7) is -0.639. The largest absolute Gasteiger partial charge is 0.452 e. The SMILES string of the molecule is O=C(COC(=O)c1ccccc1C(=O)c1ccc(Cl)cc1)NC(=O)NC1CC1.